The molecule has 0 aliphatic carbocycles. The van der Waals surface area contributed by atoms with Gasteiger partial charge in [-0.15, -0.1) is 11.8 Å². The summed E-state index contributed by atoms with van der Waals surface area (Å²) in [7, 11) is 0. The van der Waals surface area contributed by atoms with Crippen LogP contribution in [0.3, 0.4) is 0 Å². The van der Waals surface area contributed by atoms with Crippen molar-refractivity contribution < 1.29 is 14.3 Å². The van der Waals surface area contributed by atoms with Crippen LogP contribution in [0.1, 0.15) is 32.4 Å². The van der Waals surface area contributed by atoms with Gasteiger partial charge in [-0.3, -0.25) is 9.59 Å². The zero-order valence-electron chi connectivity index (χ0n) is 20.6. The first-order chi connectivity index (χ1) is 18.6. The van der Waals surface area contributed by atoms with Gasteiger partial charge < -0.3 is 15.0 Å². The Morgan fingerprint density at radius 3 is 2.13 bits per heavy atom. The van der Waals surface area contributed by atoms with Crippen LogP contribution in [0.4, 0.5) is 0 Å². The van der Waals surface area contributed by atoms with Crippen LogP contribution in [-0.2, 0) is 17.9 Å². The molecule has 1 saturated heterocycles. The average Bonchev–Trinajstić information content (AvgIpc) is 3.41. The maximum absolute atomic E-state index is 13.7. The fourth-order valence-electron chi connectivity index (χ4n) is 4.33. The largest absolute Gasteiger partial charge is 0.489 e. The first kappa shape index (κ1) is 25.9. The number of benzene rings is 4. The number of hydrogen-bond donors (Lipinski definition) is 1. The normalized spacial score (nSPS) is 16.7. The van der Waals surface area contributed by atoms with Gasteiger partial charge in [0.05, 0.1) is 0 Å². The first-order valence-electron chi connectivity index (χ1n) is 12.4. The molecule has 0 saturated carbocycles. The lowest BCUT2D eigenvalue weighted by Gasteiger charge is -2.29. The van der Waals surface area contributed by atoms with Gasteiger partial charge in [-0.25, -0.2) is 0 Å². The van der Waals surface area contributed by atoms with Crippen molar-refractivity contribution in [2.75, 3.05) is 5.75 Å². The third kappa shape index (κ3) is 6.21. The maximum atomic E-state index is 13.7. The molecule has 2 amide bonds. The van der Waals surface area contributed by atoms with E-state index in [1.807, 2.05) is 84.9 Å². The number of nitrogens with one attached hydrogen (secondary N) is 1. The first-order valence-corrected chi connectivity index (χ1v) is 13.8. The number of carbonyl (C=O) groups is 2. The van der Waals surface area contributed by atoms with E-state index in [-0.39, 0.29) is 17.2 Å². The van der Waals surface area contributed by atoms with E-state index in [4.69, 9.17) is 16.3 Å². The van der Waals surface area contributed by atoms with Crippen LogP contribution in [0.2, 0.25) is 5.02 Å². The highest BCUT2D eigenvalue weighted by molar-refractivity contribution is 7.99. The van der Waals surface area contributed by atoms with Gasteiger partial charge in [-0.05, 0) is 53.1 Å². The van der Waals surface area contributed by atoms with Crippen molar-refractivity contribution >= 4 is 35.2 Å². The predicted octanol–water partition coefficient (Wildman–Crippen LogP) is 6.49. The Bertz CT molecular complexity index is 1370. The van der Waals surface area contributed by atoms with E-state index in [1.54, 1.807) is 40.9 Å². The Morgan fingerprint density at radius 1 is 0.842 bits per heavy atom. The van der Waals surface area contributed by atoms with Gasteiger partial charge in [0.25, 0.3) is 5.91 Å². The molecule has 5 nitrogen and oxygen atoms in total. The third-order valence-corrected chi connectivity index (χ3v) is 7.93. The molecular formula is C31H27ClN2O3S. The molecule has 2 unspecified atom stereocenters. The molecule has 4 aromatic carbocycles. The average molecular weight is 543 g/mol. The SMILES string of the molecule is O=C(NCc1ccccc1)C1CSC(c2ccc(OCc3ccccc3)cc2)N1C(=O)c1ccc(Cl)cc1. The standard InChI is InChI=1S/C31H27ClN2O3S/c32-26-15-11-24(12-16-26)30(36)34-28(29(35)33-19-22-7-3-1-4-8-22)21-38-31(34)25-13-17-27(18-14-25)37-20-23-9-5-2-6-10-23/h1-18,28,31H,19-21H2,(H,33,35). The number of carbonyl (C=O) groups excluding carboxylic acids is 2. The lowest BCUT2D eigenvalue weighted by Crippen LogP contribution is -2.47. The summed E-state index contributed by atoms with van der Waals surface area (Å²) in [6, 6.07) is 33.6. The summed E-state index contributed by atoms with van der Waals surface area (Å²) in [6.07, 6.45) is 0. The van der Waals surface area contributed by atoms with Gasteiger partial charge in [0.2, 0.25) is 5.91 Å². The summed E-state index contributed by atoms with van der Waals surface area (Å²) in [6.45, 7) is 0.880. The van der Waals surface area contributed by atoms with E-state index in [0.717, 1.165) is 22.4 Å². The summed E-state index contributed by atoms with van der Waals surface area (Å²) in [5.41, 5.74) is 3.52. The number of rotatable bonds is 8. The zero-order valence-corrected chi connectivity index (χ0v) is 22.2. The number of amides is 2. The molecule has 1 aliphatic heterocycles. The number of halogens is 1. The molecule has 0 spiro atoms. The molecule has 192 valence electrons. The quantitative estimate of drug-likeness (QED) is 0.276. The van der Waals surface area contributed by atoms with Crippen molar-refractivity contribution in [1.82, 2.24) is 10.2 Å². The van der Waals surface area contributed by atoms with Crippen LogP contribution in [0, 0.1) is 0 Å². The Kier molecular flexibility index (Phi) is 8.31. The lowest BCUT2D eigenvalue weighted by molar-refractivity contribution is -0.125. The summed E-state index contributed by atoms with van der Waals surface area (Å²) in [5.74, 6) is 0.861. The van der Waals surface area contributed by atoms with E-state index >= 15 is 0 Å². The number of hydrogen-bond acceptors (Lipinski definition) is 4. The lowest BCUT2D eigenvalue weighted by atomic mass is 10.1. The number of nitrogens with zero attached hydrogens (tertiary/aromatic N) is 1. The smallest absolute Gasteiger partial charge is 0.255 e. The second kappa shape index (κ2) is 12.2. The monoisotopic (exact) mass is 542 g/mol. The van der Waals surface area contributed by atoms with Gasteiger partial charge in [0.15, 0.2) is 0 Å². The Hall–Kier alpha value is -3.74. The molecule has 4 aromatic rings. The van der Waals surface area contributed by atoms with Gasteiger partial charge in [0, 0.05) is 22.9 Å². The highest BCUT2D eigenvalue weighted by atomic mass is 35.5. The van der Waals surface area contributed by atoms with Crippen LogP contribution in [0.25, 0.3) is 0 Å². The van der Waals surface area contributed by atoms with Crippen molar-refractivity contribution in [2.24, 2.45) is 0 Å². The fraction of sp³-hybridized carbons (Fsp3) is 0.161. The maximum Gasteiger partial charge on any atom is 0.255 e. The van der Waals surface area contributed by atoms with Gasteiger partial charge >= 0.3 is 0 Å². The molecule has 0 bridgehead atoms. The summed E-state index contributed by atoms with van der Waals surface area (Å²) in [4.78, 5) is 28.7. The van der Waals surface area contributed by atoms with Gasteiger partial charge in [-0.1, -0.05) is 84.4 Å². The van der Waals surface area contributed by atoms with Crippen molar-refractivity contribution in [3.8, 4) is 5.75 Å². The Labute approximate surface area is 231 Å². The zero-order chi connectivity index (χ0) is 26.3. The van der Waals surface area contributed by atoms with Crippen molar-refractivity contribution in [3.63, 3.8) is 0 Å². The van der Waals surface area contributed by atoms with Crippen LogP contribution in [0.5, 0.6) is 5.75 Å². The molecule has 7 heteroatoms. The molecule has 5 rings (SSSR count). The summed E-state index contributed by atoms with van der Waals surface area (Å²) >= 11 is 7.64. The van der Waals surface area contributed by atoms with Crippen molar-refractivity contribution in [1.29, 1.82) is 0 Å². The number of ether oxygens (including phenoxy) is 1. The van der Waals surface area contributed by atoms with Crippen molar-refractivity contribution in [3.05, 3.63) is 136 Å². The van der Waals surface area contributed by atoms with Crippen LogP contribution >= 0.6 is 23.4 Å². The minimum Gasteiger partial charge on any atom is -0.489 e. The molecular weight excluding hydrogens is 516 g/mol. The summed E-state index contributed by atoms with van der Waals surface area (Å²) in [5, 5.41) is 3.25. The highest BCUT2D eigenvalue weighted by Crippen LogP contribution is 2.42. The van der Waals surface area contributed by atoms with Crippen molar-refractivity contribution in [2.45, 2.75) is 24.6 Å². The minimum absolute atomic E-state index is 0.172. The highest BCUT2D eigenvalue weighted by Gasteiger charge is 2.42. The fourth-order valence-corrected chi connectivity index (χ4v) is 5.88. The second-order valence-corrected chi connectivity index (χ2v) is 10.5. The molecule has 38 heavy (non-hydrogen) atoms. The van der Waals surface area contributed by atoms with E-state index in [2.05, 4.69) is 5.32 Å². The number of thioether (sulfide) groups is 1. The van der Waals surface area contributed by atoms with E-state index in [1.165, 1.54) is 0 Å². The molecule has 2 atom stereocenters. The third-order valence-electron chi connectivity index (χ3n) is 6.35. The van der Waals surface area contributed by atoms with E-state index < -0.39 is 6.04 Å². The van der Waals surface area contributed by atoms with E-state index in [9.17, 15) is 9.59 Å². The molecule has 1 N–H and O–H groups in total. The molecule has 0 aromatic heterocycles. The predicted molar refractivity (Wildman–Crippen MR) is 152 cm³/mol. The molecule has 1 heterocycles. The molecule has 1 aliphatic rings. The van der Waals surface area contributed by atoms with Crippen LogP contribution in [-0.4, -0.2) is 28.5 Å². The Balaban J connectivity index is 1.34. The van der Waals surface area contributed by atoms with Gasteiger partial charge in [0.1, 0.15) is 23.8 Å². The Morgan fingerprint density at radius 2 is 1.47 bits per heavy atom. The summed E-state index contributed by atoms with van der Waals surface area (Å²) < 4.78 is 5.93. The van der Waals surface area contributed by atoms with Crippen LogP contribution in [0.15, 0.2) is 109 Å². The second-order valence-electron chi connectivity index (χ2n) is 8.97. The molecule has 0 radical (unpaired) electrons. The van der Waals surface area contributed by atoms with Gasteiger partial charge in [-0.2, -0.15) is 0 Å². The topological polar surface area (TPSA) is 58.6 Å². The van der Waals surface area contributed by atoms with E-state index in [0.29, 0.717) is 29.5 Å². The minimum atomic E-state index is -0.606. The molecule has 1 fully saturated rings. The van der Waals surface area contributed by atoms with Crippen LogP contribution < -0.4 is 10.1 Å².